The minimum atomic E-state index is -2.10. The first-order valence-electron chi connectivity index (χ1n) is 8.57. The Morgan fingerprint density at radius 3 is 3.00 bits per heavy atom. The van der Waals surface area contributed by atoms with Gasteiger partial charge in [0.15, 0.2) is 0 Å². The molecule has 0 spiro atoms. The van der Waals surface area contributed by atoms with Gasteiger partial charge in [0.2, 0.25) is 0 Å². The van der Waals surface area contributed by atoms with Crippen LogP contribution in [0, 0.1) is 6.85 Å². The molecule has 2 N–H and O–H groups in total. The first-order valence-corrected chi connectivity index (χ1v) is 7.89. The number of piperazine rings is 1. The summed E-state index contributed by atoms with van der Waals surface area (Å²) >= 11 is 1.29. The smallest absolute Gasteiger partial charge is 0.139 e. The van der Waals surface area contributed by atoms with Gasteiger partial charge in [0.1, 0.15) is 10.8 Å². The van der Waals surface area contributed by atoms with E-state index in [1.807, 2.05) is 24.3 Å². The lowest BCUT2D eigenvalue weighted by Crippen LogP contribution is -2.46. The maximum atomic E-state index is 7.72. The minimum Gasteiger partial charge on any atom is -0.353 e. The second kappa shape index (κ2) is 5.16. The van der Waals surface area contributed by atoms with Crippen LogP contribution in [0.15, 0.2) is 35.3 Å². The lowest BCUT2D eigenvalue weighted by molar-refractivity contribution is 0.358. The van der Waals surface area contributed by atoms with Crippen LogP contribution in [0.25, 0.3) is 0 Å². The molecule has 0 aliphatic carbocycles. The quantitative estimate of drug-likeness (QED) is 0.785. The first-order chi connectivity index (χ1) is 11.5. The highest BCUT2D eigenvalue weighted by molar-refractivity contribution is 7.16. The van der Waals surface area contributed by atoms with E-state index in [0.29, 0.717) is 4.88 Å². The Bertz CT molecular complexity index is 791. The zero-order valence-electron chi connectivity index (χ0n) is 14.5. The van der Waals surface area contributed by atoms with Crippen molar-refractivity contribution in [1.82, 2.24) is 10.2 Å². The average Bonchev–Trinajstić information content (AvgIpc) is 2.92. The monoisotopic (exact) mass is 301 g/mol. The number of nitrogens with zero attached hydrogens (tertiary/aromatic N) is 2. The van der Waals surface area contributed by atoms with Crippen molar-refractivity contribution in [3.8, 4) is 0 Å². The zero-order chi connectivity index (χ0) is 16.7. The molecular weight excluding hydrogens is 280 g/mol. The van der Waals surface area contributed by atoms with Gasteiger partial charge in [-0.25, -0.2) is 4.99 Å². The molecule has 0 saturated carbocycles. The fourth-order valence-corrected chi connectivity index (χ4v) is 3.56. The molecule has 1 aromatic carbocycles. The predicted octanol–water partition coefficient (Wildman–Crippen LogP) is 3.10. The van der Waals surface area contributed by atoms with Crippen molar-refractivity contribution in [2.75, 3.05) is 31.5 Å². The summed E-state index contributed by atoms with van der Waals surface area (Å²) in [4.78, 5) is 7.50. The molecule has 3 heterocycles. The zero-order valence-corrected chi connectivity index (χ0v) is 12.3. The second-order valence-electron chi connectivity index (χ2n) is 5.17. The number of para-hydroxylation sites is 2. The molecule has 0 amide bonds. The Labute approximate surface area is 132 Å². The van der Waals surface area contributed by atoms with Crippen LogP contribution in [0.2, 0.25) is 0 Å². The number of aryl methyl sites for hydroxylation is 1. The molecule has 2 aliphatic rings. The second-order valence-corrected chi connectivity index (χ2v) is 6.22. The van der Waals surface area contributed by atoms with Crippen molar-refractivity contribution in [3.05, 3.63) is 40.8 Å². The van der Waals surface area contributed by atoms with E-state index in [9.17, 15) is 0 Å². The van der Waals surface area contributed by atoms with Gasteiger partial charge in [-0.1, -0.05) is 12.1 Å². The standard InChI is InChI=1S/C16H18N4S/c1-11-10-12-15(20-8-6-17-7-9-20)18-13-4-2-3-5-14(13)19-16(12)21-11/h2-5,10,17,19H,6-9H2,1H3/i1D3. The van der Waals surface area contributed by atoms with Gasteiger partial charge in [-0.2, -0.15) is 0 Å². The molecule has 2 aliphatic heterocycles. The summed E-state index contributed by atoms with van der Waals surface area (Å²) in [5.74, 6) is 0.857. The van der Waals surface area contributed by atoms with Crippen molar-refractivity contribution in [1.29, 1.82) is 0 Å². The van der Waals surface area contributed by atoms with Crippen molar-refractivity contribution >= 4 is 33.5 Å². The van der Waals surface area contributed by atoms with E-state index in [4.69, 9.17) is 9.10 Å². The Morgan fingerprint density at radius 2 is 2.14 bits per heavy atom. The lowest BCUT2D eigenvalue weighted by atomic mass is 10.2. The summed E-state index contributed by atoms with van der Waals surface area (Å²) in [5.41, 5.74) is 2.66. The number of hydrogen-bond acceptors (Lipinski definition) is 5. The van der Waals surface area contributed by atoms with E-state index in [0.717, 1.165) is 54.0 Å². The van der Waals surface area contributed by atoms with Gasteiger partial charge in [0.05, 0.1) is 16.9 Å². The Hall–Kier alpha value is -1.85. The van der Waals surface area contributed by atoms with Gasteiger partial charge < -0.3 is 15.5 Å². The van der Waals surface area contributed by atoms with E-state index < -0.39 is 6.85 Å². The maximum absolute atomic E-state index is 7.72. The fraction of sp³-hybridized carbons (Fsp3) is 0.312. The molecule has 2 aromatic rings. The molecule has 1 fully saturated rings. The SMILES string of the molecule is [2H]C([2H])([2H])c1cc2c(s1)Nc1ccccc1N=C2N1CCNCC1. The summed E-state index contributed by atoms with van der Waals surface area (Å²) in [6.45, 7) is 1.42. The molecule has 1 saturated heterocycles. The average molecular weight is 301 g/mol. The Morgan fingerprint density at radius 1 is 1.29 bits per heavy atom. The minimum absolute atomic E-state index is 0.391. The highest BCUT2D eigenvalue weighted by atomic mass is 32.1. The molecule has 4 rings (SSSR count). The fourth-order valence-electron chi connectivity index (χ4n) is 2.74. The number of rotatable bonds is 0. The third kappa shape index (κ3) is 2.32. The largest absolute Gasteiger partial charge is 0.353 e. The normalized spacial score (nSPS) is 20.1. The number of fused-ring (bicyclic) bond motifs is 2. The molecule has 5 heteroatoms. The van der Waals surface area contributed by atoms with Crippen molar-refractivity contribution < 1.29 is 4.11 Å². The van der Waals surface area contributed by atoms with Crippen LogP contribution in [0.3, 0.4) is 0 Å². The van der Waals surface area contributed by atoms with Crippen molar-refractivity contribution in [2.45, 2.75) is 6.85 Å². The van der Waals surface area contributed by atoms with Crippen molar-refractivity contribution in [3.63, 3.8) is 0 Å². The lowest BCUT2D eigenvalue weighted by Gasteiger charge is -2.30. The van der Waals surface area contributed by atoms with Gasteiger partial charge in [0, 0.05) is 35.2 Å². The number of thiophene rings is 1. The van der Waals surface area contributed by atoms with E-state index in [2.05, 4.69) is 15.5 Å². The molecule has 1 aromatic heterocycles. The third-order valence-electron chi connectivity index (χ3n) is 3.77. The number of anilines is 2. The number of aliphatic imine (C=N–C) groups is 1. The predicted molar refractivity (Wildman–Crippen MR) is 89.4 cm³/mol. The van der Waals surface area contributed by atoms with Gasteiger partial charge >= 0.3 is 0 Å². The molecule has 0 bridgehead atoms. The molecular formula is C16H18N4S. The molecule has 0 atom stereocenters. The highest BCUT2D eigenvalue weighted by Crippen LogP contribution is 2.38. The van der Waals surface area contributed by atoms with Crippen LogP contribution in [0.1, 0.15) is 14.6 Å². The van der Waals surface area contributed by atoms with Crippen LogP contribution >= 0.6 is 11.3 Å². The third-order valence-corrected chi connectivity index (χ3v) is 4.63. The molecule has 4 nitrogen and oxygen atoms in total. The van der Waals surface area contributed by atoms with Gasteiger partial charge in [-0.3, -0.25) is 0 Å². The van der Waals surface area contributed by atoms with E-state index in [1.165, 1.54) is 11.3 Å². The Balaban J connectivity index is 1.86. The Kier molecular flexibility index (Phi) is 2.45. The van der Waals surface area contributed by atoms with Crippen LogP contribution in [-0.2, 0) is 0 Å². The van der Waals surface area contributed by atoms with E-state index in [1.54, 1.807) is 6.07 Å². The van der Waals surface area contributed by atoms with E-state index >= 15 is 0 Å². The topological polar surface area (TPSA) is 39.7 Å². The van der Waals surface area contributed by atoms with Gasteiger partial charge in [-0.15, -0.1) is 11.3 Å². The molecule has 0 unspecified atom stereocenters. The van der Waals surface area contributed by atoms with Gasteiger partial charge in [-0.05, 0) is 25.1 Å². The van der Waals surface area contributed by atoms with E-state index in [-0.39, 0.29) is 0 Å². The van der Waals surface area contributed by atoms with Crippen LogP contribution < -0.4 is 10.6 Å². The summed E-state index contributed by atoms with van der Waals surface area (Å²) < 4.78 is 23.1. The number of amidine groups is 1. The van der Waals surface area contributed by atoms with Crippen LogP contribution in [-0.4, -0.2) is 36.9 Å². The number of benzene rings is 1. The number of hydrogen-bond donors (Lipinski definition) is 2. The molecule has 21 heavy (non-hydrogen) atoms. The molecule has 108 valence electrons. The first kappa shape index (κ1) is 9.97. The number of nitrogens with one attached hydrogen (secondary N) is 2. The van der Waals surface area contributed by atoms with Crippen LogP contribution in [0.4, 0.5) is 16.4 Å². The molecule has 0 radical (unpaired) electrons. The van der Waals surface area contributed by atoms with Crippen molar-refractivity contribution in [2.24, 2.45) is 4.99 Å². The highest BCUT2D eigenvalue weighted by Gasteiger charge is 2.24. The summed E-state index contributed by atoms with van der Waals surface area (Å²) in [6.07, 6.45) is 0. The van der Waals surface area contributed by atoms with Crippen LogP contribution in [0.5, 0.6) is 0 Å². The maximum Gasteiger partial charge on any atom is 0.139 e. The summed E-state index contributed by atoms with van der Waals surface area (Å²) in [5, 5.41) is 7.57. The van der Waals surface area contributed by atoms with Gasteiger partial charge in [0.25, 0.3) is 0 Å². The summed E-state index contributed by atoms with van der Waals surface area (Å²) in [6, 6.07) is 9.64. The summed E-state index contributed by atoms with van der Waals surface area (Å²) in [7, 11) is 0.